The third-order valence-corrected chi connectivity index (χ3v) is 4.50. The van der Waals surface area contributed by atoms with Crippen LogP contribution in [0.3, 0.4) is 0 Å². The summed E-state index contributed by atoms with van der Waals surface area (Å²) in [5, 5.41) is 1.11. The lowest BCUT2D eigenvalue weighted by molar-refractivity contribution is -0.457. The maximum atomic E-state index is 11.9. The van der Waals surface area contributed by atoms with E-state index in [0.29, 0.717) is 6.04 Å². The van der Waals surface area contributed by atoms with E-state index in [1.165, 1.54) is 0 Å². The van der Waals surface area contributed by atoms with Gasteiger partial charge in [-0.3, -0.25) is 4.98 Å². The second-order valence-corrected chi connectivity index (χ2v) is 5.35. The Hall–Kier alpha value is -0.950. The van der Waals surface area contributed by atoms with Crippen LogP contribution in [0.25, 0.3) is 0 Å². The normalized spacial score (nSPS) is 16.1. The Bertz CT molecular complexity index is 391. The van der Waals surface area contributed by atoms with Crippen molar-refractivity contribution in [2.75, 3.05) is 0 Å². The fraction of sp³-hybridized carbons (Fsp3) is 0.500. The summed E-state index contributed by atoms with van der Waals surface area (Å²) >= 11 is 0. The molecule has 74 valence electrons. The largest absolute Gasteiger partial charge is 0.434 e. The first kappa shape index (κ1) is 9.60. The highest BCUT2D eigenvalue weighted by Gasteiger charge is 2.34. The number of nitrogens with zero attached hydrogens (tertiary/aromatic N) is 2. The summed E-state index contributed by atoms with van der Waals surface area (Å²) in [6.45, 7) is 4.25. The number of rotatable bonds is 3. The van der Waals surface area contributed by atoms with Crippen LogP contribution in [0.4, 0.5) is 4.79 Å². The lowest BCUT2D eigenvalue weighted by Crippen LogP contribution is -2.26. The van der Waals surface area contributed by atoms with Crippen molar-refractivity contribution in [2.45, 2.75) is 32.7 Å². The molecule has 0 bridgehead atoms. The second kappa shape index (κ2) is 3.66. The molecule has 0 N–H and O–H groups in total. The van der Waals surface area contributed by atoms with Crippen LogP contribution >= 0.6 is 7.53 Å². The van der Waals surface area contributed by atoms with Gasteiger partial charge in [0.1, 0.15) is 0 Å². The minimum Gasteiger partial charge on any atom is -0.259 e. The molecule has 1 aromatic heterocycles. The van der Waals surface area contributed by atoms with Crippen LogP contribution in [0, 0.1) is 0 Å². The molecule has 2 rings (SSSR count). The van der Waals surface area contributed by atoms with Gasteiger partial charge in [0, 0.05) is 19.0 Å². The molecule has 1 aliphatic heterocycles. The molecule has 1 atom stereocenters. The highest BCUT2D eigenvalue weighted by Crippen LogP contribution is 2.37. The number of amides is 1. The SMILES string of the molecule is CCC(CC)[N+]1=Cc2cncp2C1=O. The number of aromatic nitrogens is 1. The first-order valence-corrected chi connectivity index (χ1v) is 6.38. The van der Waals surface area contributed by atoms with Crippen molar-refractivity contribution < 1.29 is 9.37 Å². The van der Waals surface area contributed by atoms with E-state index in [2.05, 4.69) is 18.8 Å². The van der Waals surface area contributed by atoms with Gasteiger partial charge in [0.05, 0.1) is 18.8 Å². The Morgan fingerprint density at radius 3 is 2.79 bits per heavy atom. The van der Waals surface area contributed by atoms with E-state index >= 15 is 0 Å². The highest BCUT2D eigenvalue weighted by atomic mass is 31.1. The molecule has 0 aromatic carbocycles. The standard InChI is InChI=1S/C10H14N2OP/c1-3-8(4-2)12-6-9-5-11-7-14(9)10(12)13/h5-8H,3-4H2,1-2H3/q+1. The third kappa shape index (κ3) is 1.32. The maximum Gasteiger partial charge on any atom is 0.434 e. The van der Waals surface area contributed by atoms with Crippen molar-refractivity contribution in [2.24, 2.45) is 0 Å². The number of hydrogen-bond acceptors (Lipinski definition) is 2. The van der Waals surface area contributed by atoms with E-state index in [9.17, 15) is 4.79 Å². The quantitative estimate of drug-likeness (QED) is 0.717. The first-order chi connectivity index (χ1) is 6.77. The van der Waals surface area contributed by atoms with Crippen molar-refractivity contribution in [3.05, 3.63) is 17.4 Å². The Morgan fingerprint density at radius 2 is 2.21 bits per heavy atom. The molecule has 0 aliphatic carbocycles. The van der Waals surface area contributed by atoms with E-state index in [1.54, 1.807) is 5.93 Å². The van der Waals surface area contributed by atoms with E-state index < -0.39 is 7.53 Å². The first-order valence-electron chi connectivity index (χ1n) is 4.97. The van der Waals surface area contributed by atoms with Crippen LogP contribution in [0.15, 0.2) is 12.1 Å². The van der Waals surface area contributed by atoms with Crippen LogP contribution in [-0.4, -0.2) is 27.5 Å². The molecule has 3 nitrogen and oxygen atoms in total. The zero-order valence-electron chi connectivity index (χ0n) is 8.47. The average molecular weight is 209 g/mol. The monoisotopic (exact) mass is 209 g/mol. The van der Waals surface area contributed by atoms with E-state index in [1.807, 2.05) is 17.0 Å². The molecule has 0 spiro atoms. The van der Waals surface area contributed by atoms with Gasteiger partial charge < -0.3 is 0 Å². The fourth-order valence-electron chi connectivity index (χ4n) is 1.83. The molecule has 1 aliphatic rings. The van der Waals surface area contributed by atoms with Crippen LogP contribution in [0.1, 0.15) is 32.0 Å². The van der Waals surface area contributed by atoms with E-state index in [-0.39, 0.29) is 5.65 Å². The smallest absolute Gasteiger partial charge is 0.259 e. The molecule has 1 aromatic rings. The lowest BCUT2D eigenvalue weighted by atomic mass is 10.2. The van der Waals surface area contributed by atoms with Crippen LogP contribution in [0.5, 0.6) is 0 Å². The minimum atomic E-state index is -0.736. The van der Waals surface area contributed by atoms with Crippen LogP contribution in [-0.2, 0) is 0 Å². The molecular formula is C10H14N2OP+. The van der Waals surface area contributed by atoms with Crippen molar-refractivity contribution >= 4 is 19.4 Å². The minimum absolute atomic E-state index is 0.251. The topological polar surface area (TPSA) is 33.0 Å². The van der Waals surface area contributed by atoms with E-state index in [4.69, 9.17) is 0 Å². The molecule has 4 heteroatoms. The molecule has 0 saturated heterocycles. The molecule has 0 radical (unpaired) electrons. The number of carbonyl (C=O) groups excluding carboxylic acids is 1. The Kier molecular flexibility index (Phi) is 2.51. The zero-order valence-corrected chi connectivity index (χ0v) is 9.37. The van der Waals surface area contributed by atoms with Gasteiger partial charge in [0.25, 0.3) is 0 Å². The summed E-state index contributed by atoms with van der Waals surface area (Å²) in [5.74, 6) is 1.80. The van der Waals surface area contributed by atoms with Crippen molar-refractivity contribution in [1.82, 2.24) is 4.98 Å². The highest BCUT2D eigenvalue weighted by molar-refractivity contribution is 7.68. The van der Waals surface area contributed by atoms with Gasteiger partial charge in [-0.2, -0.15) is 4.58 Å². The fourth-order valence-corrected chi connectivity index (χ4v) is 3.39. The number of fused-ring (bicyclic) bond motifs is 1. The summed E-state index contributed by atoms with van der Waals surface area (Å²) in [6.07, 6.45) is 5.84. The third-order valence-electron chi connectivity index (χ3n) is 2.70. The summed E-state index contributed by atoms with van der Waals surface area (Å²) in [6, 6.07) is 0.366. The van der Waals surface area contributed by atoms with Crippen LogP contribution in [0.2, 0.25) is 0 Å². The van der Waals surface area contributed by atoms with Crippen LogP contribution < -0.4 is 0 Å². The van der Waals surface area contributed by atoms with Gasteiger partial charge in [-0.1, -0.05) is 13.8 Å². The van der Waals surface area contributed by atoms with Crippen molar-refractivity contribution in [3.8, 4) is 0 Å². The number of hydrogen-bond donors (Lipinski definition) is 0. The van der Waals surface area contributed by atoms with Crippen molar-refractivity contribution in [1.29, 1.82) is 0 Å². The van der Waals surface area contributed by atoms with Gasteiger partial charge in [0.15, 0.2) is 12.3 Å². The Morgan fingerprint density at radius 1 is 1.50 bits per heavy atom. The lowest BCUT2D eigenvalue weighted by Gasteiger charge is -2.06. The molecule has 14 heavy (non-hydrogen) atoms. The summed E-state index contributed by atoms with van der Waals surface area (Å²) < 4.78 is 1.91. The predicted octanol–water partition coefficient (Wildman–Crippen LogP) is 2.67. The van der Waals surface area contributed by atoms with Gasteiger partial charge in [-0.15, -0.1) is 0 Å². The molecule has 2 heterocycles. The maximum absolute atomic E-state index is 11.9. The van der Waals surface area contributed by atoms with Gasteiger partial charge >= 0.3 is 5.65 Å². The molecule has 1 unspecified atom stereocenters. The summed E-state index contributed by atoms with van der Waals surface area (Å²) in [4.78, 5) is 16.0. The zero-order chi connectivity index (χ0) is 10.1. The molecular weight excluding hydrogens is 195 g/mol. The average Bonchev–Trinajstić information content (AvgIpc) is 2.74. The van der Waals surface area contributed by atoms with Crippen molar-refractivity contribution in [3.63, 3.8) is 0 Å². The van der Waals surface area contributed by atoms with Gasteiger partial charge in [-0.05, 0) is 0 Å². The number of carbonyl (C=O) groups is 1. The van der Waals surface area contributed by atoms with E-state index in [0.717, 1.165) is 18.1 Å². The summed E-state index contributed by atoms with van der Waals surface area (Å²) in [5.41, 5.74) is 0.251. The molecule has 1 amide bonds. The second-order valence-electron chi connectivity index (χ2n) is 3.48. The van der Waals surface area contributed by atoms with Gasteiger partial charge in [0.2, 0.25) is 0 Å². The Balaban J connectivity index is 2.33. The molecule has 0 saturated carbocycles. The molecule has 0 fully saturated rings. The summed E-state index contributed by atoms with van der Waals surface area (Å²) in [7, 11) is -0.736. The van der Waals surface area contributed by atoms with Gasteiger partial charge in [-0.25, -0.2) is 4.79 Å². The Labute approximate surface area is 84.5 Å². The predicted molar refractivity (Wildman–Crippen MR) is 57.5 cm³/mol.